The number of ether oxygens (including phenoxy) is 1. The van der Waals surface area contributed by atoms with Crippen molar-refractivity contribution in [1.29, 1.82) is 0 Å². The minimum Gasteiger partial charge on any atom is -0.478 e. The lowest BCUT2D eigenvalue weighted by Crippen LogP contribution is -2.09. The standard InChI is InChI=1S/C24H21NO2.C23H19NO2/c1-27-24(26)22-13-19(16-7-8-16)14-25-23(22)11-15-6-9-21-18(10-15)12-17-4-2-3-5-20(17)21;25-23(26)21-12-18(15-6-7-15)13-24-22(21)10-14-5-8-20-17(9-14)11-16-3-1-2-4-19(16)20/h2-6,9-10,13-14,16H,7-8,11-12H2,1H3;1-5,8-9,12-13,15H,6-7,10-11H2,(H,25,26). The average molecular weight is 697 g/mol. The van der Waals surface area contributed by atoms with Crippen LogP contribution in [0.4, 0.5) is 0 Å². The second-order valence-corrected chi connectivity index (χ2v) is 14.9. The van der Waals surface area contributed by atoms with E-state index in [0.29, 0.717) is 41.5 Å². The maximum absolute atomic E-state index is 12.3. The van der Waals surface area contributed by atoms with Gasteiger partial charge in [0.05, 0.1) is 29.6 Å². The number of nitrogens with zero attached hydrogens (tertiary/aromatic N) is 2. The molecule has 0 aliphatic heterocycles. The predicted molar refractivity (Wildman–Crippen MR) is 206 cm³/mol. The van der Waals surface area contributed by atoms with Gasteiger partial charge in [-0.1, -0.05) is 84.9 Å². The first-order valence-corrected chi connectivity index (χ1v) is 18.6. The highest BCUT2D eigenvalue weighted by Gasteiger charge is 2.28. The quantitative estimate of drug-likeness (QED) is 0.159. The Bertz CT molecular complexity index is 2420. The zero-order valence-corrected chi connectivity index (χ0v) is 29.8. The Kier molecular flexibility index (Phi) is 8.46. The maximum Gasteiger partial charge on any atom is 0.339 e. The number of carbonyl (C=O) groups excluding carboxylic acids is 1. The van der Waals surface area contributed by atoms with Gasteiger partial charge >= 0.3 is 11.9 Å². The van der Waals surface area contributed by atoms with Crippen LogP contribution in [0, 0.1) is 0 Å². The van der Waals surface area contributed by atoms with Crippen LogP contribution in [0.3, 0.4) is 0 Å². The molecular formula is C47H40N2O4. The molecule has 6 nitrogen and oxygen atoms in total. The van der Waals surface area contributed by atoms with E-state index in [1.54, 1.807) is 0 Å². The summed E-state index contributed by atoms with van der Waals surface area (Å²) in [6.45, 7) is 0. The number of carboxylic acids is 1. The number of fused-ring (bicyclic) bond motifs is 6. The molecule has 0 spiro atoms. The van der Waals surface area contributed by atoms with Crippen molar-refractivity contribution in [2.75, 3.05) is 7.11 Å². The van der Waals surface area contributed by atoms with Crippen molar-refractivity contribution < 1.29 is 19.4 Å². The smallest absolute Gasteiger partial charge is 0.339 e. The first kappa shape index (κ1) is 33.0. The Labute approximate surface area is 309 Å². The summed E-state index contributed by atoms with van der Waals surface area (Å²) in [5, 5.41) is 9.60. The third kappa shape index (κ3) is 6.66. The lowest BCUT2D eigenvalue weighted by atomic mass is 9.98. The van der Waals surface area contributed by atoms with E-state index < -0.39 is 5.97 Å². The van der Waals surface area contributed by atoms with E-state index in [-0.39, 0.29) is 5.97 Å². The van der Waals surface area contributed by atoms with Crippen molar-refractivity contribution in [3.05, 3.63) is 176 Å². The van der Waals surface area contributed by atoms with Gasteiger partial charge in [0, 0.05) is 25.2 Å². The van der Waals surface area contributed by atoms with Crippen LogP contribution < -0.4 is 0 Å². The van der Waals surface area contributed by atoms with Gasteiger partial charge in [-0.3, -0.25) is 9.97 Å². The van der Waals surface area contributed by atoms with E-state index in [1.165, 1.54) is 70.0 Å². The monoisotopic (exact) mass is 696 g/mol. The Hall–Kier alpha value is -5.88. The molecule has 0 unspecified atom stereocenters. The zero-order chi connectivity index (χ0) is 36.1. The molecule has 0 radical (unpaired) electrons. The Morgan fingerprint density at radius 3 is 1.53 bits per heavy atom. The second kappa shape index (κ2) is 13.6. The van der Waals surface area contributed by atoms with E-state index in [9.17, 15) is 14.7 Å². The van der Waals surface area contributed by atoms with Crippen LogP contribution in [-0.4, -0.2) is 34.1 Å². The van der Waals surface area contributed by atoms with Gasteiger partial charge in [0.1, 0.15) is 0 Å². The van der Waals surface area contributed by atoms with Crippen molar-refractivity contribution in [1.82, 2.24) is 9.97 Å². The number of rotatable bonds is 8. The van der Waals surface area contributed by atoms with Crippen molar-refractivity contribution in [3.8, 4) is 22.3 Å². The minimum absolute atomic E-state index is 0.298. The number of aromatic carboxylic acids is 1. The Morgan fingerprint density at radius 2 is 1.06 bits per heavy atom. The molecule has 6 heteroatoms. The molecule has 0 amide bonds. The van der Waals surface area contributed by atoms with E-state index >= 15 is 0 Å². The number of hydrogen-bond donors (Lipinski definition) is 1. The van der Waals surface area contributed by atoms with E-state index in [2.05, 4.69) is 94.9 Å². The largest absolute Gasteiger partial charge is 0.478 e. The van der Waals surface area contributed by atoms with Crippen LogP contribution in [0.5, 0.6) is 0 Å². The van der Waals surface area contributed by atoms with Gasteiger partial charge in [-0.15, -0.1) is 0 Å². The van der Waals surface area contributed by atoms with Crippen LogP contribution in [0.25, 0.3) is 22.3 Å². The van der Waals surface area contributed by atoms with E-state index in [4.69, 9.17) is 4.74 Å². The van der Waals surface area contributed by atoms with Gasteiger partial charge in [0.15, 0.2) is 0 Å². The summed E-state index contributed by atoms with van der Waals surface area (Å²) in [7, 11) is 1.43. The summed E-state index contributed by atoms with van der Waals surface area (Å²) in [4.78, 5) is 33.1. The number of carboxylic acid groups (broad SMARTS) is 1. The number of hydrogen-bond acceptors (Lipinski definition) is 5. The fraction of sp³-hybridized carbons (Fsp3) is 0.234. The molecule has 1 N–H and O–H groups in total. The predicted octanol–water partition coefficient (Wildman–Crippen LogP) is 9.73. The van der Waals surface area contributed by atoms with E-state index in [1.807, 2.05) is 24.5 Å². The molecule has 0 bridgehead atoms. The normalized spacial score (nSPS) is 14.7. The third-order valence-electron chi connectivity index (χ3n) is 11.2. The highest BCUT2D eigenvalue weighted by molar-refractivity contribution is 5.91. The molecular weight excluding hydrogens is 657 g/mol. The Morgan fingerprint density at radius 1 is 0.604 bits per heavy atom. The SMILES string of the molecule is COC(=O)c1cc(C2CC2)cnc1Cc1ccc2c(c1)Cc1ccccc1-2.O=C(O)c1cc(C2CC2)cnc1Cc1ccc2c(c1)Cc1ccccc1-2. The summed E-state index contributed by atoms with van der Waals surface area (Å²) < 4.78 is 5.01. The molecule has 0 saturated heterocycles. The molecule has 2 saturated carbocycles. The molecule has 6 aromatic rings. The van der Waals surface area contributed by atoms with Gasteiger partial charge in [0.25, 0.3) is 0 Å². The number of carbonyl (C=O) groups is 2. The topological polar surface area (TPSA) is 89.4 Å². The lowest BCUT2D eigenvalue weighted by Gasteiger charge is -2.10. The molecule has 2 heterocycles. The molecule has 2 fully saturated rings. The molecule has 0 atom stereocenters. The summed E-state index contributed by atoms with van der Waals surface area (Å²) in [5.41, 5.74) is 17.6. The zero-order valence-electron chi connectivity index (χ0n) is 29.8. The van der Waals surface area contributed by atoms with E-state index in [0.717, 1.165) is 48.1 Å². The van der Waals surface area contributed by atoms with Crippen LogP contribution in [-0.2, 0) is 30.4 Å². The highest BCUT2D eigenvalue weighted by Crippen LogP contribution is 2.42. The average Bonchev–Trinajstić information content (AvgIpc) is 4.13. The van der Waals surface area contributed by atoms with Gasteiger partial charge in [0.2, 0.25) is 0 Å². The fourth-order valence-electron chi connectivity index (χ4n) is 8.06. The molecule has 53 heavy (non-hydrogen) atoms. The van der Waals surface area contributed by atoms with Crippen molar-refractivity contribution in [3.63, 3.8) is 0 Å². The number of esters is 1. The van der Waals surface area contributed by atoms with Gasteiger partial charge < -0.3 is 9.84 Å². The lowest BCUT2D eigenvalue weighted by molar-refractivity contribution is 0.0598. The molecule has 262 valence electrons. The minimum atomic E-state index is -0.886. The third-order valence-corrected chi connectivity index (χ3v) is 11.2. The van der Waals surface area contributed by atoms with Gasteiger partial charge in [-0.25, -0.2) is 9.59 Å². The summed E-state index contributed by atoms with van der Waals surface area (Å²) in [6, 6.07) is 34.0. The van der Waals surface area contributed by atoms with Crippen LogP contribution in [0.1, 0.15) is 114 Å². The van der Waals surface area contributed by atoms with Crippen LogP contribution in [0.15, 0.2) is 109 Å². The Balaban J connectivity index is 0.000000141. The molecule has 4 aliphatic rings. The highest BCUT2D eigenvalue weighted by atomic mass is 16.5. The number of aromatic nitrogens is 2. The first-order chi connectivity index (χ1) is 25.9. The van der Waals surface area contributed by atoms with Gasteiger partial charge in [-0.05, 0) is 129 Å². The fourth-order valence-corrected chi connectivity index (χ4v) is 8.06. The van der Waals surface area contributed by atoms with Crippen molar-refractivity contribution in [2.24, 2.45) is 0 Å². The van der Waals surface area contributed by atoms with Crippen molar-refractivity contribution in [2.45, 2.75) is 63.2 Å². The van der Waals surface area contributed by atoms with Crippen LogP contribution >= 0.6 is 0 Å². The molecule has 4 aliphatic carbocycles. The first-order valence-electron chi connectivity index (χ1n) is 18.6. The van der Waals surface area contributed by atoms with Gasteiger partial charge in [-0.2, -0.15) is 0 Å². The maximum atomic E-state index is 12.3. The number of benzene rings is 4. The number of pyridine rings is 2. The van der Waals surface area contributed by atoms with Crippen molar-refractivity contribution >= 4 is 11.9 Å². The van der Waals surface area contributed by atoms with Crippen LogP contribution in [0.2, 0.25) is 0 Å². The molecule has 4 aromatic carbocycles. The molecule has 10 rings (SSSR count). The second-order valence-electron chi connectivity index (χ2n) is 14.9. The number of methoxy groups -OCH3 is 1. The summed E-state index contributed by atoms with van der Waals surface area (Å²) in [5.74, 6) is -0.112. The summed E-state index contributed by atoms with van der Waals surface area (Å²) >= 11 is 0. The molecule has 2 aromatic heterocycles. The summed E-state index contributed by atoms with van der Waals surface area (Å²) in [6.07, 6.45) is 11.6.